The Hall–Kier alpha value is -3.52. The number of carbonyl (C=O) groups is 2. The highest BCUT2D eigenvalue weighted by Gasteiger charge is 2.17. The van der Waals surface area contributed by atoms with Gasteiger partial charge in [0.1, 0.15) is 12.3 Å². The van der Waals surface area contributed by atoms with E-state index in [1.807, 2.05) is 6.92 Å². The number of hydrogen-bond acceptors (Lipinski definition) is 5. The summed E-state index contributed by atoms with van der Waals surface area (Å²) >= 11 is 0. The molecule has 230 valence electrons. The summed E-state index contributed by atoms with van der Waals surface area (Å²) in [4.78, 5) is 28.2. The molecule has 3 aromatic rings. The van der Waals surface area contributed by atoms with Gasteiger partial charge in [-0.3, -0.25) is 4.79 Å². The molecule has 0 saturated heterocycles. The van der Waals surface area contributed by atoms with E-state index in [-0.39, 0.29) is 18.3 Å². The molecule has 0 atom stereocenters. The van der Waals surface area contributed by atoms with Crippen LogP contribution in [0.3, 0.4) is 0 Å². The Bertz CT molecular complexity index is 1280. The number of ether oxygens (including phenoxy) is 1. The van der Waals surface area contributed by atoms with Gasteiger partial charge < -0.3 is 37.6 Å². The van der Waals surface area contributed by atoms with Crippen LogP contribution in [0, 0.1) is 0 Å². The number of aromatic nitrogens is 1. The van der Waals surface area contributed by atoms with E-state index in [1.165, 1.54) is 33.2 Å². The highest BCUT2D eigenvalue weighted by molar-refractivity contribution is 5.91. The molecule has 0 aliphatic carbocycles. The molecule has 3 rings (SSSR count). The molecule has 42 heavy (non-hydrogen) atoms. The van der Waals surface area contributed by atoms with E-state index in [1.54, 1.807) is 0 Å². The summed E-state index contributed by atoms with van der Waals surface area (Å²) in [5.41, 5.74) is 4.83. The maximum atomic E-state index is 12.3. The number of rotatable bonds is 16. The van der Waals surface area contributed by atoms with Crippen molar-refractivity contribution in [2.75, 3.05) is 51.1 Å². The predicted molar refractivity (Wildman–Crippen MR) is 170 cm³/mol. The molecule has 8 nitrogen and oxygen atoms in total. The third-order valence-corrected chi connectivity index (χ3v) is 7.32. The molecule has 2 N–H and O–H groups in total. The largest absolute Gasteiger partial charge is 1.00 e. The Morgan fingerprint density at radius 3 is 1.88 bits per heavy atom. The van der Waals surface area contributed by atoms with Crippen molar-refractivity contribution in [1.82, 2.24) is 10.6 Å². The van der Waals surface area contributed by atoms with Crippen molar-refractivity contribution >= 4 is 45.2 Å². The van der Waals surface area contributed by atoms with Crippen LogP contribution in [0.1, 0.15) is 58.3 Å². The zero-order valence-electron chi connectivity index (χ0n) is 26.0. The number of benzene rings is 2. The molecule has 0 aliphatic heterocycles. The number of amides is 2. The molecular formula is C33H48ClN5O3. The number of anilines is 2. The maximum absolute atomic E-state index is 12.3. The summed E-state index contributed by atoms with van der Waals surface area (Å²) in [6, 6.07) is 15.6. The molecule has 0 aliphatic rings. The van der Waals surface area contributed by atoms with Crippen molar-refractivity contribution in [3.63, 3.8) is 0 Å². The Balaban J connectivity index is 0.00000616. The topological polar surface area (TPSA) is 77.8 Å². The Morgan fingerprint density at radius 1 is 0.786 bits per heavy atom. The number of allylic oxidation sites excluding steroid dienone is 1. The van der Waals surface area contributed by atoms with Gasteiger partial charge in [0.2, 0.25) is 16.9 Å². The second-order valence-corrected chi connectivity index (χ2v) is 11.0. The fraction of sp³-hybridized carbons (Fsp3) is 0.485. The molecule has 0 fully saturated rings. The van der Waals surface area contributed by atoms with E-state index in [4.69, 9.17) is 4.74 Å². The average molecular weight is 598 g/mol. The summed E-state index contributed by atoms with van der Waals surface area (Å²) in [5, 5.41) is 8.22. The number of hydrogen-bond donors (Lipinski definition) is 2. The zero-order valence-corrected chi connectivity index (χ0v) is 26.7. The number of alkyl carbamates (subject to hydrolysis) is 1. The number of halogens is 1. The number of nitrogens with zero attached hydrogens (tertiary/aromatic N) is 3. The normalized spacial score (nSPS) is 10.7. The fourth-order valence-electron chi connectivity index (χ4n) is 4.78. The lowest BCUT2D eigenvalue weighted by Crippen LogP contribution is -3.00. The standard InChI is InChI=1S/C33H47N5O3.ClH/c1-7-25(2)41-33(40)35-20-12-9-11-19-34-32(39)14-10-8-13-21-38-30-23-28(36(3)4)17-15-26(30)22-27-16-18-29(37(5)6)24-31(27)38;/h15-18,22-24H,2,7-14,19-21H2,1,3-6H3,(H-,34,35,39,40);1H. The molecule has 9 heteroatoms. The second kappa shape index (κ2) is 17.4. The number of unbranched alkanes of at least 4 members (excludes halogenated alkanes) is 4. The number of carbonyl (C=O) groups excluding carboxylic acids is 2. The monoisotopic (exact) mass is 597 g/mol. The highest BCUT2D eigenvalue weighted by Crippen LogP contribution is 2.25. The van der Waals surface area contributed by atoms with Gasteiger partial charge in [-0.05, 0) is 62.4 Å². The van der Waals surface area contributed by atoms with Crippen molar-refractivity contribution in [3.8, 4) is 0 Å². The maximum Gasteiger partial charge on any atom is 0.412 e. The van der Waals surface area contributed by atoms with Crippen LogP contribution in [-0.2, 0) is 16.1 Å². The molecule has 0 bridgehead atoms. The number of aryl methyl sites for hydroxylation is 1. The Kier molecular flexibility index (Phi) is 14.4. The molecule has 2 aromatic carbocycles. The lowest BCUT2D eigenvalue weighted by molar-refractivity contribution is -0.645. The Morgan fingerprint density at radius 2 is 1.33 bits per heavy atom. The lowest BCUT2D eigenvalue weighted by atomic mass is 10.1. The van der Waals surface area contributed by atoms with E-state index in [0.717, 1.165) is 45.1 Å². The molecule has 0 unspecified atom stereocenters. The van der Waals surface area contributed by atoms with Gasteiger partial charge in [0, 0.05) is 94.8 Å². The third-order valence-electron chi connectivity index (χ3n) is 7.32. The van der Waals surface area contributed by atoms with E-state index < -0.39 is 6.09 Å². The van der Waals surface area contributed by atoms with Gasteiger partial charge in [0.25, 0.3) is 0 Å². The van der Waals surface area contributed by atoms with Gasteiger partial charge >= 0.3 is 6.09 Å². The first-order chi connectivity index (χ1) is 19.7. The smallest absolute Gasteiger partial charge is 0.412 e. The van der Waals surface area contributed by atoms with Gasteiger partial charge in [0.15, 0.2) is 0 Å². The fourth-order valence-corrected chi connectivity index (χ4v) is 4.78. The summed E-state index contributed by atoms with van der Waals surface area (Å²) < 4.78 is 7.44. The first-order valence-corrected chi connectivity index (χ1v) is 14.8. The number of nitrogens with one attached hydrogen (secondary N) is 2. The van der Waals surface area contributed by atoms with Crippen molar-refractivity contribution in [3.05, 3.63) is 54.8 Å². The number of pyridine rings is 1. The SMILES string of the molecule is C=C(CC)OC(=O)NCCCCCNC(=O)CCCCC[n+]1c2cc(N(C)C)ccc2cc2ccc(N(C)C)cc21.[Cl-]. The van der Waals surface area contributed by atoms with E-state index >= 15 is 0 Å². The summed E-state index contributed by atoms with van der Waals surface area (Å²) in [6.45, 7) is 7.66. The van der Waals surface area contributed by atoms with Crippen molar-refractivity contribution in [2.45, 2.75) is 64.8 Å². The van der Waals surface area contributed by atoms with Crippen molar-refractivity contribution in [1.29, 1.82) is 0 Å². The van der Waals surface area contributed by atoms with E-state index in [2.05, 4.69) is 102 Å². The molecule has 1 heterocycles. The first kappa shape index (κ1) is 34.7. The van der Waals surface area contributed by atoms with E-state index in [9.17, 15) is 9.59 Å². The van der Waals surface area contributed by atoms with Crippen LogP contribution in [-0.4, -0.2) is 53.3 Å². The first-order valence-electron chi connectivity index (χ1n) is 14.8. The molecule has 0 spiro atoms. The third kappa shape index (κ3) is 10.4. The Labute approximate surface area is 257 Å². The van der Waals surface area contributed by atoms with E-state index in [0.29, 0.717) is 31.7 Å². The molecule has 2 amide bonds. The van der Waals surface area contributed by atoms with Gasteiger partial charge in [-0.1, -0.05) is 13.5 Å². The zero-order chi connectivity index (χ0) is 29.8. The predicted octanol–water partition coefficient (Wildman–Crippen LogP) is 2.91. The summed E-state index contributed by atoms with van der Waals surface area (Å²) in [5.74, 6) is 0.572. The van der Waals surface area contributed by atoms with Crippen LogP contribution in [0.5, 0.6) is 0 Å². The number of fused-ring (bicyclic) bond motifs is 2. The lowest BCUT2D eigenvalue weighted by Gasteiger charge is -2.15. The van der Waals surface area contributed by atoms with Gasteiger partial charge in [-0.2, -0.15) is 4.57 Å². The van der Waals surface area contributed by atoms with Crippen LogP contribution in [0.25, 0.3) is 21.8 Å². The quantitative estimate of drug-likeness (QED) is 0.115. The molecule has 0 saturated carbocycles. The summed E-state index contributed by atoms with van der Waals surface area (Å²) in [6.07, 6.45) is 6.24. The van der Waals surface area contributed by atoms with Crippen LogP contribution in [0.2, 0.25) is 0 Å². The average Bonchev–Trinajstić information content (AvgIpc) is 2.95. The van der Waals surface area contributed by atoms with Crippen LogP contribution < -0.4 is 37.4 Å². The van der Waals surface area contributed by atoms with Gasteiger partial charge in [0.05, 0.1) is 0 Å². The highest BCUT2D eigenvalue weighted by atomic mass is 35.5. The minimum absolute atomic E-state index is 0. The van der Waals surface area contributed by atoms with Gasteiger partial charge in [-0.15, -0.1) is 0 Å². The molecule has 1 aromatic heterocycles. The van der Waals surface area contributed by atoms with Crippen LogP contribution in [0.15, 0.2) is 54.8 Å². The molecular weight excluding hydrogens is 550 g/mol. The van der Waals surface area contributed by atoms with Crippen LogP contribution in [0.4, 0.5) is 16.2 Å². The van der Waals surface area contributed by atoms with Crippen molar-refractivity contribution in [2.24, 2.45) is 0 Å². The molecule has 0 radical (unpaired) electrons. The summed E-state index contributed by atoms with van der Waals surface area (Å²) in [7, 11) is 8.29. The second-order valence-electron chi connectivity index (χ2n) is 11.0. The van der Waals surface area contributed by atoms with Gasteiger partial charge in [-0.25, -0.2) is 4.79 Å². The van der Waals surface area contributed by atoms with Crippen molar-refractivity contribution < 1.29 is 31.3 Å². The minimum Gasteiger partial charge on any atom is -1.00 e. The minimum atomic E-state index is -0.450. The van der Waals surface area contributed by atoms with Crippen LogP contribution >= 0.6 is 0 Å².